The number of rotatable bonds is 2. The van der Waals surface area contributed by atoms with Crippen LogP contribution in [0.15, 0.2) is 24.5 Å². The number of hydrogen-bond donors (Lipinski definition) is 1. The predicted octanol–water partition coefficient (Wildman–Crippen LogP) is 1.32. The van der Waals surface area contributed by atoms with E-state index in [9.17, 15) is 9.18 Å². The van der Waals surface area contributed by atoms with Crippen molar-refractivity contribution < 1.29 is 14.3 Å². The van der Waals surface area contributed by atoms with Gasteiger partial charge in [0.05, 0.1) is 11.9 Å². The van der Waals surface area contributed by atoms with Crippen LogP contribution in [0.3, 0.4) is 0 Å². The lowest BCUT2D eigenvalue weighted by molar-refractivity contribution is 0.0685. The molecular formula is C10H8FN3O2. The normalized spacial score (nSPS) is 10.4. The largest absolute Gasteiger partial charge is 0.477 e. The molecule has 0 unspecified atom stereocenters. The predicted molar refractivity (Wildman–Crippen MR) is 53.4 cm³/mol. The molecule has 0 aliphatic heterocycles. The van der Waals surface area contributed by atoms with Crippen LogP contribution in [0.25, 0.3) is 11.3 Å². The monoisotopic (exact) mass is 221 g/mol. The summed E-state index contributed by atoms with van der Waals surface area (Å²) in [6.07, 6.45) is 2.48. The van der Waals surface area contributed by atoms with Crippen molar-refractivity contribution >= 4 is 5.97 Å². The maximum absolute atomic E-state index is 13.4. The number of halogens is 1. The summed E-state index contributed by atoms with van der Waals surface area (Å²) in [4.78, 5) is 14.4. The standard InChI is InChI=1S/C10H8FN3O2/c1-14-9(10(15)16)4-8(13-14)6-2-3-12-5-7(6)11/h2-5H,1H3,(H,15,16). The van der Waals surface area contributed by atoms with Crippen molar-refractivity contribution in [2.24, 2.45) is 7.05 Å². The highest BCUT2D eigenvalue weighted by molar-refractivity contribution is 5.87. The van der Waals surface area contributed by atoms with Crippen LogP contribution in [-0.4, -0.2) is 25.8 Å². The summed E-state index contributed by atoms with van der Waals surface area (Å²) in [5, 5.41) is 12.8. The van der Waals surface area contributed by atoms with E-state index in [0.29, 0.717) is 0 Å². The maximum Gasteiger partial charge on any atom is 0.354 e. The van der Waals surface area contributed by atoms with Crippen molar-refractivity contribution in [1.82, 2.24) is 14.8 Å². The summed E-state index contributed by atoms with van der Waals surface area (Å²) < 4.78 is 14.6. The van der Waals surface area contributed by atoms with Gasteiger partial charge in [-0.3, -0.25) is 9.67 Å². The number of aromatic nitrogens is 3. The second-order valence-corrected chi connectivity index (χ2v) is 3.20. The molecule has 2 heterocycles. The first-order valence-electron chi connectivity index (χ1n) is 4.47. The van der Waals surface area contributed by atoms with E-state index in [4.69, 9.17) is 5.11 Å². The summed E-state index contributed by atoms with van der Waals surface area (Å²) >= 11 is 0. The van der Waals surface area contributed by atoms with Gasteiger partial charge >= 0.3 is 5.97 Å². The van der Waals surface area contributed by atoms with Gasteiger partial charge in [-0.25, -0.2) is 9.18 Å². The minimum atomic E-state index is -1.10. The Morgan fingerprint density at radius 2 is 2.31 bits per heavy atom. The summed E-state index contributed by atoms with van der Waals surface area (Å²) in [6, 6.07) is 2.77. The van der Waals surface area contributed by atoms with E-state index in [-0.39, 0.29) is 17.0 Å². The summed E-state index contributed by atoms with van der Waals surface area (Å²) in [7, 11) is 1.49. The average molecular weight is 221 g/mol. The molecule has 0 saturated carbocycles. The molecule has 2 aromatic heterocycles. The van der Waals surface area contributed by atoms with E-state index in [2.05, 4.69) is 10.1 Å². The van der Waals surface area contributed by atoms with Crippen molar-refractivity contribution in [3.05, 3.63) is 36.0 Å². The van der Waals surface area contributed by atoms with Crippen LogP contribution >= 0.6 is 0 Å². The molecule has 0 radical (unpaired) electrons. The van der Waals surface area contributed by atoms with Crippen LogP contribution in [0.2, 0.25) is 0 Å². The van der Waals surface area contributed by atoms with Crippen LogP contribution in [-0.2, 0) is 7.05 Å². The Hall–Kier alpha value is -2.24. The molecule has 2 aromatic rings. The fraction of sp³-hybridized carbons (Fsp3) is 0.100. The Kier molecular flexibility index (Phi) is 2.40. The van der Waals surface area contributed by atoms with E-state index in [1.54, 1.807) is 0 Å². The average Bonchev–Trinajstić information content (AvgIpc) is 2.61. The molecule has 6 heteroatoms. The Morgan fingerprint density at radius 1 is 1.56 bits per heavy atom. The zero-order chi connectivity index (χ0) is 11.7. The van der Waals surface area contributed by atoms with Gasteiger partial charge in [0.1, 0.15) is 5.69 Å². The topological polar surface area (TPSA) is 68.0 Å². The molecular weight excluding hydrogens is 213 g/mol. The molecule has 0 bridgehead atoms. The Labute approximate surface area is 90.2 Å². The van der Waals surface area contributed by atoms with Crippen LogP contribution < -0.4 is 0 Å². The van der Waals surface area contributed by atoms with E-state index < -0.39 is 11.8 Å². The quantitative estimate of drug-likeness (QED) is 0.830. The van der Waals surface area contributed by atoms with Crippen molar-refractivity contribution in [3.8, 4) is 11.3 Å². The molecule has 1 N–H and O–H groups in total. The fourth-order valence-corrected chi connectivity index (χ4v) is 1.38. The summed E-state index contributed by atoms with van der Waals surface area (Å²) in [6.45, 7) is 0. The van der Waals surface area contributed by atoms with E-state index in [1.165, 1.54) is 30.1 Å². The first-order valence-corrected chi connectivity index (χ1v) is 4.47. The minimum absolute atomic E-state index is 0.00575. The number of carbonyl (C=O) groups is 1. The Bertz CT molecular complexity index is 551. The Morgan fingerprint density at radius 3 is 2.88 bits per heavy atom. The third-order valence-corrected chi connectivity index (χ3v) is 2.15. The van der Waals surface area contributed by atoms with Crippen molar-refractivity contribution in [2.45, 2.75) is 0 Å². The van der Waals surface area contributed by atoms with Crippen molar-refractivity contribution in [3.63, 3.8) is 0 Å². The first-order chi connectivity index (χ1) is 7.59. The highest BCUT2D eigenvalue weighted by Crippen LogP contribution is 2.20. The van der Waals surface area contributed by atoms with Crippen LogP contribution in [0.1, 0.15) is 10.5 Å². The minimum Gasteiger partial charge on any atom is -0.477 e. The van der Waals surface area contributed by atoms with Gasteiger partial charge < -0.3 is 5.11 Å². The molecule has 2 rings (SSSR count). The molecule has 5 nitrogen and oxygen atoms in total. The van der Waals surface area contributed by atoms with Gasteiger partial charge in [-0.05, 0) is 12.1 Å². The maximum atomic E-state index is 13.4. The van der Waals surface area contributed by atoms with Gasteiger partial charge in [0, 0.05) is 18.8 Å². The molecule has 0 fully saturated rings. The number of carboxylic acid groups (broad SMARTS) is 1. The van der Waals surface area contributed by atoms with E-state index in [1.807, 2.05) is 0 Å². The highest BCUT2D eigenvalue weighted by Gasteiger charge is 2.14. The number of pyridine rings is 1. The number of aromatic carboxylic acids is 1. The van der Waals surface area contributed by atoms with Gasteiger partial charge in [-0.15, -0.1) is 0 Å². The second-order valence-electron chi connectivity index (χ2n) is 3.20. The lowest BCUT2D eigenvalue weighted by Gasteiger charge is -1.96. The van der Waals surface area contributed by atoms with E-state index in [0.717, 1.165) is 6.20 Å². The highest BCUT2D eigenvalue weighted by atomic mass is 19.1. The number of aryl methyl sites for hydroxylation is 1. The van der Waals surface area contributed by atoms with E-state index >= 15 is 0 Å². The number of carboxylic acids is 1. The van der Waals surface area contributed by atoms with Crippen LogP contribution in [0.4, 0.5) is 4.39 Å². The van der Waals surface area contributed by atoms with Crippen LogP contribution in [0.5, 0.6) is 0 Å². The Balaban J connectivity index is 2.54. The third-order valence-electron chi connectivity index (χ3n) is 2.15. The zero-order valence-electron chi connectivity index (χ0n) is 8.38. The van der Waals surface area contributed by atoms with Gasteiger partial charge in [-0.2, -0.15) is 5.10 Å². The molecule has 0 spiro atoms. The second kappa shape index (κ2) is 3.73. The summed E-state index contributed by atoms with van der Waals surface area (Å²) in [5.74, 6) is -1.63. The van der Waals surface area contributed by atoms with Crippen LogP contribution in [0, 0.1) is 5.82 Å². The molecule has 0 aromatic carbocycles. The van der Waals surface area contributed by atoms with Gasteiger partial charge in [0.25, 0.3) is 0 Å². The molecule has 0 saturated heterocycles. The van der Waals surface area contributed by atoms with Gasteiger partial charge in [-0.1, -0.05) is 0 Å². The zero-order valence-corrected chi connectivity index (χ0v) is 8.38. The molecule has 0 aliphatic carbocycles. The lowest BCUT2D eigenvalue weighted by Crippen LogP contribution is -2.04. The van der Waals surface area contributed by atoms with Gasteiger partial charge in [0.15, 0.2) is 5.82 Å². The lowest BCUT2D eigenvalue weighted by atomic mass is 10.2. The number of nitrogens with zero attached hydrogens (tertiary/aromatic N) is 3. The molecule has 0 atom stereocenters. The molecule has 16 heavy (non-hydrogen) atoms. The summed E-state index contributed by atoms with van der Waals surface area (Å²) in [5.41, 5.74) is 0.518. The van der Waals surface area contributed by atoms with Gasteiger partial charge in [0.2, 0.25) is 0 Å². The van der Waals surface area contributed by atoms with Crippen molar-refractivity contribution in [2.75, 3.05) is 0 Å². The third kappa shape index (κ3) is 1.65. The van der Waals surface area contributed by atoms with Crippen molar-refractivity contribution in [1.29, 1.82) is 0 Å². The molecule has 0 amide bonds. The fourth-order valence-electron chi connectivity index (χ4n) is 1.38. The first kappa shape index (κ1) is 10.3. The molecule has 0 aliphatic rings. The SMILES string of the molecule is Cn1nc(-c2ccncc2F)cc1C(=O)O. The smallest absolute Gasteiger partial charge is 0.354 e. The molecule has 82 valence electrons. The number of hydrogen-bond acceptors (Lipinski definition) is 3.